The standard InChI is InChI=1S/C26H35FN2O3/c1-29(2)14-5-4-13-28-25(30)26(11-15-32-16-12-26)19-20-7-6-8-21(17-20)23-18-22(27)9-10-24(23)31-3/h6-10,17-18H,4-5,11-16,19H2,1-3H3,(H,28,30). The molecule has 1 aliphatic rings. The predicted octanol–water partition coefficient (Wildman–Crippen LogP) is 4.30. The second kappa shape index (κ2) is 11.4. The Morgan fingerprint density at radius 2 is 1.94 bits per heavy atom. The molecule has 1 N–H and O–H groups in total. The van der Waals surface area contributed by atoms with E-state index in [-0.39, 0.29) is 11.7 Å². The van der Waals surface area contributed by atoms with Crippen LogP contribution in [0.25, 0.3) is 11.1 Å². The minimum absolute atomic E-state index is 0.111. The van der Waals surface area contributed by atoms with Crippen molar-refractivity contribution in [1.82, 2.24) is 10.2 Å². The van der Waals surface area contributed by atoms with Crippen molar-refractivity contribution in [2.24, 2.45) is 5.41 Å². The molecule has 5 nitrogen and oxygen atoms in total. The summed E-state index contributed by atoms with van der Waals surface area (Å²) >= 11 is 0. The first kappa shape index (κ1) is 24.2. The van der Waals surface area contributed by atoms with E-state index >= 15 is 0 Å². The third kappa shape index (κ3) is 6.30. The first-order chi connectivity index (χ1) is 15.4. The summed E-state index contributed by atoms with van der Waals surface area (Å²) in [5.41, 5.74) is 2.16. The van der Waals surface area contributed by atoms with Crippen LogP contribution < -0.4 is 10.1 Å². The van der Waals surface area contributed by atoms with Gasteiger partial charge >= 0.3 is 0 Å². The van der Waals surface area contributed by atoms with E-state index in [4.69, 9.17) is 9.47 Å². The fourth-order valence-corrected chi connectivity index (χ4v) is 4.33. The average Bonchev–Trinajstić information content (AvgIpc) is 2.79. The summed E-state index contributed by atoms with van der Waals surface area (Å²) in [7, 11) is 5.70. The van der Waals surface area contributed by atoms with Gasteiger partial charge < -0.3 is 19.7 Å². The van der Waals surface area contributed by atoms with Gasteiger partial charge in [-0.3, -0.25) is 4.79 Å². The molecule has 0 saturated carbocycles. The van der Waals surface area contributed by atoms with Crippen molar-refractivity contribution in [2.75, 3.05) is 47.5 Å². The van der Waals surface area contributed by atoms with Crippen LogP contribution in [0.5, 0.6) is 5.75 Å². The summed E-state index contributed by atoms with van der Waals surface area (Å²) in [5, 5.41) is 3.18. The van der Waals surface area contributed by atoms with E-state index in [1.807, 2.05) is 24.3 Å². The second-order valence-corrected chi connectivity index (χ2v) is 8.88. The van der Waals surface area contributed by atoms with Crippen molar-refractivity contribution in [3.05, 3.63) is 53.8 Å². The van der Waals surface area contributed by atoms with Crippen LogP contribution in [0, 0.1) is 11.2 Å². The molecule has 0 unspecified atom stereocenters. The number of rotatable bonds is 10. The van der Waals surface area contributed by atoms with E-state index < -0.39 is 5.41 Å². The maximum Gasteiger partial charge on any atom is 0.226 e. The van der Waals surface area contributed by atoms with Gasteiger partial charge in [0.15, 0.2) is 0 Å². The minimum atomic E-state index is -0.482. The van der Waals surface area contributed by atoms with Crippen molar-refractivity contribution in [1.29, 1.82) is 0 Å². The van der Waals surface area contributed by atoms with Gasteiger partial charge in [-0.05, 0) is 82.1 Å². The number of nitrogens with zero attached hydrogens (tertiary/aromatic N) is 1. The van der Waals surface area contributed by atoms with Gasteiger partial charge in [0.1, 0.15) is 11.6 Å². The molecule has 2 aromatic rings. The number of benzene rings is 2. The zero-order chi connectivity index (χ0) is 23.0. The maximum absolute atomic E-state index is 13.9. The molecule has 1 amide bonds. The molecule has 1 fully saturated rings. The Balaban J connectivity index is 1.75. The molecule has 6 heteroatoms. The van der Waals surface area contributed by atoms with Gasteiger partial charge in [-0.15, -0.1) is 0 Å². The van der Waals surface area contributed by atoms with Crippen molar-refractivity contribution < 1.29 is 18.7 Å². The van der Waals surface area contributed by atoms with Gasteiger partial charge in [0, 0.05) is 25.3 Å². The maximum atomic E-state index is 13.9. The molecular weight excluding hydrogens is 407 g/mol. The first-order valence-electron chi connectivity index (χ1n) is 11.4. The Morgan fingerprint density at radius 3 is 2.66 bits per heavy atom. The third-order valence-corrected chi connectivity index (χ3v) is 6.19. The second-order valence-electron chi connectivity index (χ2n) is 8.88. The summed E-state index contributed by atoms with van der Waals surface area (Å²) in [6.07, 6.45) is 4.05. The van der Waals surface area contributed by atoms with Crippen LogP contribution in [0.1, 0.15) is 31.2 Å². The highest BCUT2D eigenvalue weighted by Crippen LogP contribution is 2.37. The van der Waals surface area contributed by atoms with E-state index in [0.29, 0.717) is 50.3 Å². The molecule has 32 heavy (non-hydrogen) atoms. The van der Waals surface area contributed by atoms with Gasteiger partial charge in [-0.2, -0.15) is 0 Å². The quantitative estimate of drug-likeness (QED) is 0.558. The number of hydrogen-bond acceptors (Lipinski definition) is 4. The number of methoxy groups -OCH3 is 1. The van der Waals surface area contributed by atoms with E-state index in [1.54, 1.807) is 13.2 Å². The summed E-state index contributed by atoms with van der Waals surface area (Å²) < 4.78 is 24.9. The summed E-state index contributed by atoms with van der Waals surface area (Å²) in [6, 6.07) is 12.5. The van der Waals surface area contributed by atoms with Crippen molar-refractivity contribution in [3.63, 3.8) is 0 Å². The van der Waals surface area contributed by atoms with Gasteiger partial charge in [0.2, 0.25) is 5.91 Å². The molecular formula is C26H35FN2O3. The van der Waals surface area contributed by atoms with Crippen LogP contribution in [-0.4, -0.2) is 58.3 Å². The molecule has 0 atom stereocenters. The van der Waals surface area contributed by atoms with Gasteiger partial charge in [-0.25, -0.2) is 4.39 Å². The molecule has 1 aliphatic heterocycles. The van der Waals surface area contributed by atoms with Crippen LogP contribution >= 0.6 is 0 Å². The summed E-state index contributed by atoms with van der Waals surface area (Å²) in [4.78, 5) is 15.4. The highest BCUT2D eigenvalue weighted by Gasteiger charge is 2.39. The van der Waals surface area contributed by atoms with E-state index in [1.165, 1.54) is 12.1 Å². The number of hydrogen-bond donors (Lipinski definition) is 1. The van der Waals surface area contributed by atoms with E-state index in [0.717, 1.165) is 30.5 Å². The molecule has 3 rings (SSSR count). The van der Waals surface area contributed by atoms with Crippen LogP contribution in [0.3, 0.4) is 0 Å². The molecule has 0 aliphatic carbocycles. The van der Waals surface area contributed by atoms with Crippen LogP contribution in [0.4, 0.5) is 4.39 Å². The molecule has 0 radical (unpaired) electrons. The third-order valence-electron chi connectivity index (χ3n) is 6.19. The van der Waals surface area contributed by atoms with Crippen LogP contribution in [-0.2, 0) is 16.0 Å². The fraction of sp³-hybridized carbons (Fsp3) is 0.500. The Hall–Kier alpha value is -2.44. The Morgan fingerprint density at radius 1 is 1.16 bits per heavy atom. The minimum Gasteiger partial charge on any atom is -0.496 e. The van der Waals surface area contributed by atoms with Crippen LogP contribution in [0.15, 0.2) is 42.5 Å². The molecule has 0 aromatic heterocycles. The van der Waals surface area contributed by atoms with Gasteiger partial charge in [0.05, 0.1) is 12.5 Å². The summed E-state index contributed by atoms with van der Waals surface area (Å²) in [6.45, 7) is 2.89. The SMILES string of the molecule is COc1ccc(F)cc1-c1cccc(CC2(C(=O)NCCCCN(C)C)CCOCC2)c1. The zero-order valence-electron chi connectivity index (χ0n) is 19.5. The monoisotopic (exact) mass is 442 g/mol. The Bertz CT molecular complexity index is 894. The highest BCUT2D eigenvalue weighted by atomic mass is 19.1. The Labute approximate surface area is 190 Å². The number of carbonyl (C=O) groups excluding carboxylic acids is 1. The topological polar surface area (TPSA) is 50.8 Å². The molecule has 0 bridgehead atoms. The molecule has 2 aromatic carbocycles. The lowest BCUT2D eigenvalue weighted by atomic mass is 9.74. The van der Waals surface area contributed by atoms with Gasteiger partial charge in [0.25, 0.3) is 0 Å². The molecule has 1 saturated heterocycles. The Kier molecular flexibility index (Phi) is 8.65. The summed E-state index contributed by atoms with van der Waals surface area (Å²) in [5.74, 6) is 0.430. The lowest BCUT2D eigenvalue weighted by molar-refractivity contribution is -0.136. The number of ether oxygens (including phenoxy) is 2. The van der Waals surface area contributed by atoms with Crippen molar-refractivity contribution >= 4 is 5.91 Å². The number of amides is 1. The lowest BCUT2D eigenvalue weighted by Gasteiger charge is -2.36. The highest BCUT2D eigenvalue weighted by molar-refractivity contribution is 5.83. The zero-order valence-corrected chi connectivity index (χ0v) is 19.5. The average molecular weight is 443 g/mol. The molecule has 174 valence electrons. The van der Waals surface area contributed by atoms with Gasteiger partial charge in [-0.1, -0.05) is 24.3 Å². The van der Waals surface area contributed by atoms with Crippen LogP contribution in [0.2, 0.25) is 0 Å². The smallest absolute Gasteiger partial charge is 0.226 e. The number of carbonyl (C=O) groups is 1. The van der Waals surface area contributed by atoms with Crippen molar-refractivity contribution in [3.8, 4) is 16.9 Å². The largest absolute Gasteiger partial charge is 0.496 e. The number of nitrogens with one attached hydrogen (secondary N) is 1. The number of halogens is 1. The normalized spacial score (nSPS) is 15.5. The number of unbranched alkanes of at least 4 members (excludes halogenated alkanes) is 1. The first-order valence-corrected chi connectivity index (χ1v) is 11.4. The lowest BCUT2D eigenvalue weighted by Crippen LogP contribution is -2.46. The predicted molar refractivity (Wildman–Crippen MR) is 125 cm³/mol. The molecule has 1 heterocycles. The molecule has 0 spiro atoms. The van der Waals surface area contributed by atoms with E-state index in [9.17, 15) is 9.18 Å². The van der Waals surface area contributed by atoms with E-state index in [2.05, 4.69) is 24.3 Å². The fourth-order valence-electron chi connectivity index (χ4n) is 4.33. The van der Waals surface area contributed by atoms with Crippen molar-refractivity contribution in [2.45, 2.75) is 32.1 Å².